The third kappa shape index (κ3) is 20.1. The summed E-state index contributed by atoms with van der Waals surface area (Å²) in [7, 11) is 1.48. The molecule has 21 N–H and O–H groups in total. The Labute approximate surface area is 440 Å². The van der Waals surface area contributed by atoms with Crippen molar-refractivity contribution in [2.75, 3.05) is 33.3 Å². The number of nitrogens with one attached hydrogen (secondary N) is 13. The molecule has 1 fully saturated rings. The zero-order valence-electron chi connectivity index (χ0n) is 43.0. The van der Waals surface area contributed by atoms with Crippen LogP contribution in [0.2, 0.25) is 0 Å². The van der Waals surface area contributed by atoms with E-state index in [1.165, 1.54) is 14.0 Å². The Bertz CT molecular complexity index is 2520. The number of amides is 8. The highest BCUT2D eigenvalue weighted by Gasteiger charge is 2.34. The van der Waals surface area contributed by atoms with Gasteiger partial charge in [0.2, 0.25) is 47.3 Å². The first-order valence-corrected chi connectivity index (χ1v) is 25.1. The number of para-hydroxylation sites is 1. The second-order valence-electron chi connectivity index (χ2n) is 18.4. The third-order valence-electron chi connectivity index (χ3n) is 12.4. The van der Waals surface area contributed by atoms with Gasteiger partial charge in [-0.1, -0.05) is 36.9 Å². The van der Waals surface area contributed by atoms with Gasteiger partial charge in [-0.15, -0.1) is 0 Å². The van der Waals surface area contributed by atoms with E-state index in [9.17, 15) is 38.4 Å². The number of hydrogen-bond donors (Lipinski definition) is 17. The second kappa shape index (κ2) is 30.7. The number of ether oxygens (including phenoxy) is 1. The number of benzene rings is 2. The SMILES string of the molecule is C=C(N)C1CCCNC(=O)CC[C@H](NC(=O)[C@H](CCCNC(=N)N)NC(C)=O)C(=O)N[C@@H](CCN)C(=O)N[C@H](Cc2ccc(OC)cc2)C(=O)N[C@@H](CCCNC(=N)N)C(=O)N[C@@H](Cc2c[nH]c3ccccc23)C(=O)N1. The van der Waals surface area contributed by atoms with Crippen LogP contribution in [0.5, 0.6) is 5.75 Å². The Morgan fingerprint density at radius 1 is 0.763 bits per heavy atom. The fourth-order valence-corrected chi connectivity index (χ4v) is 8.36. The minimum absolute atomic E-state index is 0.00762. The Morgan fingerprint density at radius 2 is 1.36 bits per heavy atom. The molecule has 26 heteroatoms. The zero-order valence-corrected chi connectivity index (χ0v) is 43.0. The first-order valence-electron chi connectivity index (χ1n) is 25.1. The summed E-state index contributed by atoms with van der Waals surface area (Å²) in [4.78, 5) is 115. The highest BCUT2D eigenvalue weighted by atomic mass is 16.5. The van der Waals surface area contributed by atoms with Gasteiger partial charge in [-0.25, -0.2) is 0 Å². The maximum Gasteiger partial charge on any atom is 0.243 e. The molecular formula is C50H75N17O9. The van der Waals surface area contributed by atoms with Crippen molar-refractivity contribution < 1.29 is 43.1 Å². The Hall–Kier alpha value is -8.42. The quantitative estimate of drug-likeness (QED) is 0.0333. The first-order chi connectivity index (χ1) is 36.3. The van der Waals surface area contributed by atoms with Crippen molar-refractivity contribution in [2.24, 2.45) is 22.9 Å². The molecule has 0 bridgehead atoms. The molecule has 414 valence electrons. The van der Waals surface area contributed by atoms with E-state index in [0.717, 1.165) is 10.9 Å². The molecule has 1 aliphatic heterocycles. The van der Waals surface area contributed by atoms with Crippen molar-refractivity contribution in [3.8, 4) is 5.75 Å². The third-order valence-corrected chi connectivity index (χ3v) is 12.4. The van der Waals surface area contributed by atoms with Gasteiger partial charge in [-0.05, 0) is 87.2 Å². The smallest absolute Gasteiger partial charge is 0.243 e. The Balaban J connectivity index is 1.77. The molecule has 76 heavy (non-hydrogen) atoms. The number of hydrogen-bond acceptors (Lipinski definition) is 13. The number of nitrogens with two attached hydrogens (primary N) is 4. The van der Waals surface area contributed by atoms with Crippen LogP contribution >= 0.6 is 0 Å². The van der Waals surface area contributed by atoms with Crippen LogP contribution in [0.3, 0.4) is 0 Å². The maximum absolute atomic E-state index is 14.7. The normalized spacial score (nSPS) is 20.9. The van der Waals surface area contributed by atoms with E-state index in [2.05, 4.69) is 64.7 Å². The van der Waals surface area contributed by atoms with Gasteiger partial charge in [0.15, 0.2) is 11.9 Å². The molecule has 1 aromatic heterocycles. The van der Waals surface area contributed by atoms with Crippen molar-refractivity contribution >= 4 is 70.1 Å². The molecule has 4 rings (SSSR count). The van der Waals surface area contributed by atoms with Crippen LogP contribution in [-0.4, -0.2) is 140 Å². The lowest BCUT2D eigenvalue weighted by Crippen LogP contribution is -2.60. The molecule has 0 radical (unpaired) electrons. The summed E-state index contributed by atoms with van der Waals surface area (Å²) in [5.41, 5.74) is 25.3. The van der Waals surface area contributed by atoms with Crippen LogP contribution in [0.25, 0.3) is 10.9 Å². The highest BCUT2D eigenvalue weighted by Crippen LogP contribution is 2.20. The largest absolute Gasteiger partial charge is 0.497 e. The number of carbonyl (C=O) groups excluding carboxylic acids is 8. The number of guanidine groups is 2. The second-order valence-corrected chi connectivity index (χ2v) is 18.4. The minimum Gasteiger partial charge on any atom is -0.497 e. The molecule has 0 aliphatic carbocycles. The van der Waals surface area contributed by atoms with E-state index < -0.39 is 89.6 Å². The summed E-state index contributed by atoms with van der Waals surface area (Å²) in [6.45, 7) is 5.37. The molecular weight excluding hydrogens is 983 g/mol. The van der Waals surface area contributed by atoms with Gasteiger partial charge in [-0.3, -0.25) is 49.2 Å². The van der Waals surface area contributed by atoms with Gasteiger partial charge in [-0.2, -0.15) is 0 Å². The molecule has 1 unspecified atom stereocenters. The van der Waals surface area contributed by atoms with Gasteiger partial charge in [0, 0.05) is 68.6 Å². The molecule has 26 nitrogen and oxygen atoms in total. The summed E-state index contributed by atoms with van der Waals surface area (Å²) < 4.78 is 5.31. The average Bonchev–Trinajstić information content (AvgIpc) is 3.78. The van der Waals surface area contributed by atoms with Crippen molar-refractivity contribution in [1.82, 2.24) is 58.2 Å². The lowest BCUT2D eigenvalue weighted by Gasteiger charge is -2.28. The lowest BCUT2D eigenvalue weighted by molar-refractivity contribution is -0.135. The molecule has 2 aromatic carbocycles. The monoisotopic (exact) mass is 1060 g/mol. The van der Waals surface area contributed by atoms with Crippen molar-refractivity contribution in [3.63, 3.8) is 0 Å². The summed E-state index contributed by atoms with van der Waals surface area (Å²) in [5, 5.41) is 43.0. The van der Waals surface area contributed by atoms with Crippen molar-refractivity contribution in [2.45, 2.75) is 120 Å². The minimum atomic E-state index is -1.45. The molecule has 1 saturated heterocycles. The molecule has 0 spiro atoms. The Kier molecular flexibility index (Phi) is 24.3. The summed E-state index contributed by atoms with van der Waals surface area (Å²) in [5.74, 6) is -5.89. The standard InChI is InChI=1S/C50H75N17O9/c1-28(52)34-11-6-22-57-42(69)19-18-38(64-43(70)36(61-29(2)68)12-7-23-58-49(53)54)45(72)65-39(20-21-51)46(73)66-40(25-30-14-16-32(76-3)17-15-30)47(74)63-37(13-8-24-59-50(55)56)44(71)67-41(48(75)62-34)26-31-27-60-35-10-5-4-9-33(31)35/h4-5,9-10,14-17,27,34,36-41,60H,1,6-8,11-13,18-26,51-52H2,2-3H3,(H,57,69)(H,61,68)(H,62,75)(H,63,74)(H,64,70)(H,65,72)(H,66,73)(H,67,71)(H4,53,54,58)(H4,55,56,59)/t34?,36-,37-,38-,39-,40+,41-/m0/s1. The Morgan fingerprint density at radius 3 is 1.99 bits per heavy atom. The molecule has 1 aliphatic rings. The van der Waals surface area contributed by atoms with E-state index in [-0.39, 0.29) is 114 Å². The molecule has 7 atom stereocenters. The van der Waals surface area contributed by atoms with Crippen LogP contribution < -0.4 is 80.8 Å². The van der Waals surface area contributed by atoms with E-state index in [1.54, 1.807) is 30.5 Å². The van der Waals surface area contributed by atoms with Crippen LogP contribution in [0.15, 0.2) is 67.0 Å². The highest BCUT2D eigenvalue weighted by molar-refractivity contribution is 5.97. The number of aromatic amines is 1. The van der Waals surface area contributed by atoms with Crippen LogP contribution in [0.1, 0.15) is 75.8 Å². The van der Waals surface area contributed by atoms with Crippen LogP contribution in [0.4, 0.5) is 0 Å². The molecule has 3 aromatic rings. The number of methoxy groups -OCH3 is 1. The number of fused-ring (bicyclic) bond motifs is 1. The van der Waals surface area contributed by atoms with Crippen molar-refractivity contribution in [1.29, 1.82) is 10.8 Å². The number of H-pyrrole nitrogens is 1. The number of aromatic nitrogens is 1. The van der Waals surface area contributed by atoms with Gasteiger partial charge < -0.3 is 85.8 Å². The van der Waals surface area contributed by atoms with Crippen molar-refractivity contribution in [3.05, 3.63) is 78.1 Å². The van der Waals surface area contributed by atoms with Gasteiger partial charge >= 0.3 is 0 Å². The van der Waals surface area contributed by atoms with E-state index in [0.29, 0.717) is 16.9 Å². The fourth-order valence-electron chi connectivity index (χ4n) is 8.36. The molecule has 2 heterocycles. The number of rotatable bonds is 19. The fraction of sp³-hybridized carbons (Fsp3) is 0.480. The topological polar surface area (TPSA) is 434 Å². The van der Waals surface area contributed by atoms with Gasteiger partial charge in [0.05, 0.1) is 13.2 Å². The molecule has 8 amide bonds. The summed E-state index contributed by atoms with van der Waals surface area (Å²) in [6.07, 6.45) is 1.84. The summed E-state index contributed by atoms with van der Waals surface area (Å²) >= 11 is 0. The van der Waals surface area contributed by atoms with Crippen LogP contribution in [-0.2, 0) is 51.2 Å². The lowest BCUT2D eigenvalue weighted by atomic mass is 10.0. The summed E-state index contributed by atoms with van der Waals surface area (Å²) in [6, 6.07) is 5.22. The molecule has 0 saturated carbocycles. The van der Waals surface area contributed by atoms with Gasteiger partial charge in [0.25, 0.3) is 0 Å². The predicted octanol–water partition coefficient (Wildman–Crippen LogP) is -2.59. The maximum atomic E-state index is 14.7. The average molecular weight is 1060 g/mol. The predicted molar refractivity (Wildman–Crippen MR) is 285 cm³/mol. The van der Waals surface area contributed by atoms with Crippen LogP contribution in [0, 0.1) is 10.8 Å². The van der Waals surface area contributed by atoms with E-state index >= 15 is 0 Å². The van der Waals surface area contributed by atoms with Gasteiger partial charge in [0.1, 0.15) is 42.0 Å². The zero-order chi connectivity index (χ0) is 55.7. The van der Waals surface area contributed by atoms with E-state index in [4.69, 9.17) is 38.5 Å². The first kappa shape index (κ1) is 60.1. The van der Waals surface area contributed by atoms with E-state index in [1.807, 2.05) is 24.3 Å². The number of carbonyl (C=O) groups is 8.